The van der Waals surface area contributed by atoms with Crippen molar-refractivity contribution in [1.29, 1.82) is 0 Å². The van der Waals surface area contributed by atoms with Gasteiger partial charge in [-0.3, -0.25) is 4.79 Å². The van der Waals surface area contributed by atoms with E-state index < -0.39 is 5.54 Å². The molecule has 2 rings (SSSR count). The topological polar surface area (TPSA) is 67.6 Å². The maximum atomic E-state index is 12.3. The molecule has 20 heavy (non-hydrogen) atoms. The molecule has 1 saturated heterocycles. The van der Waals surface area contributed by atoms with E-state index in [0.717, 1.165) is 18.7 Å². The SMILES string of the molecule is CN1CCOC(CNC(=O)C(C)(N)c2ccccc2)C1. The Morgan fingerprint density at radius 2 is 2.20 bits per heavy atom. The van der Waals surface area contributed by atoms with Crippen molar-refractivity contribution >= 4 is 5.91 Å². The molecule has 1 amide bonds. The van der Waals surface area contributed by atoms with Crippen molar-refractivity contribution in [2.24, 2.45) is 5.73 Å². The van der Waals surface area contributed by atoms with Crippen molar-refractivity contribution in [2.75, 3.05) is 33.3 Å². The number of likely N-dealkylation sites (N-methyl/N-ethyl adjacent to an activating group) is 1. The van der Waals surface area contributed by atoms with Crippen LogP contribution in [0.1, 0.15) is 12.5 Å². The standard InChI is InChI=1S/C15H23N3O2/c1-15(16,12-6-4-3-5-7-12)14(19)17-10-13-11-18(2)8-9-20-13/h3-7,13H,8-11,16H2,1-2H3,(H,17,19). The quantitative estimate of drug-likeness (QED) is 0.831. The Hall–Kier alpha value is -1.43. The first-order valence-corrected chi connectivity index (χ1v) is 6.93. The Morgan fingerprint density at radius 3 is 2.85 bits per heavy atom. The largest absolute Gasteiger partial charge is 0.374 e. The lowest BCUT2D eigenvalue weighted by atomic mass is 9.92. The highest BCUT2D eigenvalue weighted by Crippen LogP contribution is 2.17. The number of nitrogens with zero attached hydrogens (tertiary/aromatic N) is 1. The predicted molar refractivity (Wildman–Crippen MR) is 78.2 cm³/mol. The molecule has 1 fully saturated rings. The number of amides is 1. The van der Waals surface area contributed by atoms with Gasteiger partial charge in [0.1, 0.15) is 5.54 Å². The van der Waals surface area contributed by atoms with Crippen molar-refractivity contribution in [2.45, 2.75) is 18.6 Å². The van der Waals surface area contributed by atoms with Crippen LogP contribution in [-0.2, 0) is 15.1 Å². The number of benzene rings is 1. The minimum atomic E-state index is -1.03. The summed E-state index contributed by atoms with van der Waals surface area (Å²) in [5.74, 6) is -0.180. The Labute approximate surface area is 120 Å². The number of ether oxygens (including phenoxy) is 1. The molecule has 0 aliphatic carbocycles. The van der Waals surface area contributed by atoms with Gasteiger partial charge in [-0.05, 0) is 19.5 Å². The van der Waals surface area contributed by atoms with E-state index in [1.807, 2.05) is 37.4 Å². The van der Waals surface area contributed by atoms with E-state index in [0.29, 0.717) is 13.2 Å². The van der Waals surface area contributed by atoms with Gasteiger partial charge in [0, 0.05) is 19.6 Å². The first-order valence-electron chi connectivity index (χ1n) is 6.93. The van der Waals surface area contributed by atoms with Gasteiger partial charge in [-0.25, -0.2) is 0 Å². The smallest absolute Gasteiger partial charge is 0.244 e. The number of carbonyl (C=O) groups excluding carboxylic acids is 1. The molecule has 0 bridgehead atoms. The summed E-state index contributed by atoms with van der Waals surface area (Å²) in [5, 5.41) is 2.90. The molecule has 2 atom stereocenters. The van der Waals surface area contributed by atoms with E-state index in [1.165, 1.54) is 0 Å². The van der Waals surface area contributed by atoms with Crippen molar-refractivity contribution < 1.29 is 9.53 Å². The molecule has 3 N–H and O–H groups in total. The van der Waals surface area contributed by atoms with Crippen LogP contribution < -0.4 is 11.1 Å². The molecule has 1 aliphatic heterocycles. The summed E-state index contributed by atoms with van der Waals surface area (Å²) in [6, 6.07) is 9.40. The zero-order valence-electron chi connectivity index (χ0n) is 12.1. The third-order valence-corrected chi connectivity index (χ3v) is 3.68. The monoisotopic (exact) mass is 277 g/mol. The Bertz CT molecular complexity index is 448. The molecule has 5 nitrogen and oxygen atoms in total. The summed E-state index contributed by atoms with van der Waals surface area (Å²) in [4.78, 5) is 14.5. The van der Waals surface area contributed by atoms with E-state index in [4.69, 9.17) is 10.5 Å². The predicted octanol–water partition coefficient (Wildman–Crippen LogP) is 0.307. The summed E-state index contributed by atoms with van der Waals surface area (Å²) in [6.45, 7) is 4.68. The van der Waals surface area contributed by atoms with Gasteiger partial charge in [0.15, 0.2) is 0 Å². The average molecular weight is 277 g/mol. The molecule has 1 aromatic rings. The first-order chi connectivity index (χ1) is 9.50. The van der Waals surface area contributed by atoms with E-state index in [1.54, 1.807) is 6.92 Å². The number of hydrogen-bond donors (Lipinski definition) is 2. The summed E-state index contributed by atoms with van der Waals surface area (Å²) in [6.07, 6.45) is 0.0317. The van der Waals surface area contributed by atoms with Crippen LogP contribution in [-0.4, -0.2) is 50.2 Å². The van der Waals surface area contributed by atoms with E-state index >= 15 is 0 Å². The number of nitrogens with two attached hydrogens (primary N) is 1. The second-order valence-electron chi connectivity index (χ2n) is 5.53. The first kappa shape index (κ1) is 15.0. The van der Waals surface area contributed by atoms with Gasteiger partial charge in [-0.1, -0.05) is 30.3 Å². The van der Waals surface area contributed by atoms with Crippen molar-refractivity contribution in [3.05, 3.63) is 35.9 Å². The minimum Gasteiger partial charge on any atom is -0.374 e. The summed E-state index contributed by atoms with van der Waals surface area (Å²) >= 11 is 0. The molecule has 0 saturated carbocycles. The molecule has 0 radical (unpaired) electrons. The highest BCUT2D eigenvalue weighted by molar-refractivity contribution is 5.86. The molecule has 1 aliphatic rings. The molecule has 1 heterocycles. The second-order valence-corrected chi connectivity index (χ2v) is 5.53. The lowest BCUT2D eigenvalue weighted by Crippen LogP contribution is -2.53. The maximum Gasteiger partial charge on any atom is 0.244 e. The Morgan fingerprint density at radius 1 is 1.50 bits per heavy atom. The van der Waals surface area contributed by atoms with Crippen LogP contribution in [0.15, 0.2) is 30.3 Å². The average Bonchev–Trinajstić information content (AvgIpc) is 2.45. The number of rotatable bonds is 4. The lowest BCUT2D eigenvalue weighted by Gasteiger charge is -2.31. The van der Waals surface area contributed by atoms with Crippen LogP contribution in [0, 0.1) is 0 Å². The maximum absolute atomic E-state index is 12.3. The molecule has 0 spiro atoms. The number of nitrogens with one attached hydrogen (secondary N) is 1. The van der Waals surface area contributed by atoms with E-state index in [2.05, 4.69) is 10.2 Å². The molecular weight excluding hydrogens is 254 g/mol. The summed E-state index contributed by atoms with van der Waals surface area (Å²) in [5.41, 5.74) is 5.94. The van der Waals surface area contributed by atoms with Gasteiger partial charge < -0.3 is 20.7 Å². The third kappa shape index (κ3) is 3.56. The van der Waals surface area contributed by atoms with Crippen LogP contribution >= 0.6 is 0 Å². The van der Waals surface area contributed by atoms with Crippen LogP contribution in [0.5, 0.6) is 0 Å². The second kappa shape index (κ2) is 6.35. The van der Waals surface area contributed by atoms with Gasteiger partial charge >= 0.3 is 0 Å². The molecule has 0 aromatic heterocycles. The van der Waals surface area contributed by atoms with E-state index in [9.17, 15) is 4.79 Å². The summed E-state index contributed by atoms with van der Waals surface area (Å²) < 4.78 is 5.62. The fourth-order valence-corrected chi connectivity index (χ4v) is 2.30. The fourth-order valence-electron chi connectivity index (χ4n) is 2.30. The highest BCUT2D eigenvalue weighted by Gasteiger charge is 2.31. The number of hydrogen-bond acceptors (Lipinski definition) is 4. The lowest BCUT2D eigenvalue weighted by molar-refractivity contribution is -0.127. The minimum absolute atomic E-state index is 0.0317. The Kier molecular flexibility index (Phi) is 4.75. The van der Waals surface area contributed by atoms with E-state index in [-0.39, 0.29) is 12.0 Å². The van der Waals surface area contributed by atoms with Gasteiger partial charge in [0.05, 0.1) is 12.7 Å². The zero-order chi connectivity index (χ0) is 14.6. The van der Waals surface area contributed by atoms with Crippen LogP contribution in [0.25, 0.3) is 0 Å². The van der Waals surface area contributed by atoms with Crippen LogP contribution in [0.3, 0.4) is 0 Å². The highest BCUT2D eigenvalue weighted by atomic mass is 16.5. The third-order valence-electron chi connectivity index (χ3n) is 3.68. The summed E-state index contributed by atoms with van der Waals surface area (Å²) in [7, 11) is 2.05. The van der Waals surface area contributed by atoms with Crippen molar-refractivity contribution in [3.63, 3.8) is 0 Å². The fraction of sp³-hybridized carbons (Fsp3) is 0.533. The van der Waals surface area contributed by atoms with Gasteiger partial charge in [0.2, 0.25) is 5.91 Å². The Balaban J connectivity index is 1.91. The van der Waals surface area contributed by atoms with Crippen molar-refractivity contribution in [1.82, 2.24) is 10.2 Å². The normalized spacial score (nSPS) is 23.1. The van der Waals surface area contributed by atoms with Gasteiger partial charge in [-0.15, -0.1) is 0 Å². The molecule has 1 aromatic carbocycles. The van der Waals surface area contributed by atoms with Crippen molar-refractivity contribution in [3.8, 4) is 0 Å². The van der Waals surface area contributed by atoms with Gasteiger partial charge in [-0.2, -0.15) is 0 Å². The van der Waals surface area contributed by atoms with Crippen LogP contribution in [0.4, 0.5) is 0 Å². The van der Waals surface area contributed by atoms with Crippen LogP contribution in [0.2, 0.25) is 0 Å². The number of carbonyl (C=O) groups is 1. The molecule has 5 heteroatoms. The molecule has 2 unspecified atom stereocenters. The zero-order valence-corrected chi connectivity index (χ0v) is 12.1. The van der Waals surface area contributed by atoms with Gasteiger partial charge in [0.25, 0.3) is 0 Å². The molecular formula is C15H23N3O2. The molecule has 110 valence electrons. The number of morpholine rings is 1.